The van der Waals surface area contributed by atoms with Gasteiger partial charge >= 0.3 is 0 Å². The largest absolute Gasteiger partial charge is 0.392 e. The first-order valence-electron chi connectivity index (χ1n) is 11.5. The smallest absolute Gasteiger partial charge is 0.0630 e. The molecule has 27 heavy (non-hydrogen) atoms. The van der Waals surface area contributed by atoms with Crippen molar-refractivity contribution in [3.8, 4) is 0 Å². The fourth-order valence-corrected chi connectivity index (χ4v) is 4.65. The van der Waals surface area contributed by atoms with Crippen LogP contribution in [-0.2, 0) is 0 Å². The van der Waals surface area contributed by atoms with Gasteiger partial charge in [0.15, 0.2) is 0 Å². The molecule has 0 aromatic rings. The van der Waals surface area contributed by atoms with E-state index in [1.807, 2.05) is 18.7 Å². The maximum atomic E-state index is 9.98. The Hall–Kier alpha value is 0.560. The van der Waals surface area contributed by atoms with E-state index >= 15 is 0 Å². The Balaban J connectivity index is 0. The fourth-order valence-electron chi connectivity index (χ4n) is 3.44. The van der Waals surface area contributed by atoms with Gasteiger partial charge in [0.1, 0.15) is 0 Å². The average Bonchev–Trinajstić information content (AvgIpc) is 2.60. The Kier molecular flexibility index (Phi) is 25.2. The number of aliphatic hydroxyl groups excluding tert-OH is 1. The molecule has 0 heterocycles. The molecule has 0 aromatic heterocycles. The molecule has 0 bridgehead atoms. The second-order valence-electron chi connectivity index (χ2n) is 8.34. The lowest BCUT2D eigenvalue weighted by Crippen LogP contribution is -2.21. The van der Waals surface area contributed by atoms with Crippen molar-refractivity contribution in [2.75, 3.05) is 26.4 Å². The summed E-state index contributed by atoms with van der Waals surface area (Å²) in [5, 5.41) is 10.4. The first-order valence-corrected chi connectivity index (χ1v) is 12.6. The molecule has 0 saturated heterocycles. The van der Waals surface area contributed by atoms with Gasteiger partial charge in [-0.1, -0.05) is 90.4 Å². The summed E-state index contributed by atoms with van der Waals surface area (Å²) in [6.45, 7) is 5.40. The predicted octanol–water partition coefficient (Wildman–Crippen LogP) is 7.32. The van der Waals surface area contributed by atoms with Crippen molar-refractivity contribution in [2.24, 2.45) is 0 Å². The number of unbranched alkanes of at least 4 members (excludes halogenated alkanes) is 12. The summed E-state index contributed by atoms with van der Waals surface area (Å²) in [5.74, 6) is 1.17. The number of aliphatic hydroxyl groups is 1. The molecule has 0 fully saturated rings. The maximum absolute atomic E-state index is 9.98. The van der Waals surface area contributed by atoms with Crippen LogP contribution in [0.1, 0.15) is 110 Å². The van der Waals surface area contributed by atoms with E-state index in [9.17, 15) is 5.11 Å². The molecule has 2 atom stereocenters. The van der Waals surface area contributed by atoms with Crippen LogP contribution in [0.15, 0.2) is 0 Å². The van der Waals surface area contributed by atoms with Crippen LogP contribution >= 0.6 is 24.2 Å². The van der Waals surface area contributed by atoms with E-state index in [-0.39, 0.29) is 18.5 Å². The van der Waals surface area contributed by atoms with E-state index in [1.165, 1.54) is 102 Å². The molecule has 0 aromatic carbocycles. The van der Waals surface area contributed by atoms with Gasteiger partial charge in [0.05, 0.1) is 6.10 Å². The van der Waals surface area contributed by atoms with Crippen LogP contribution in [0.25, 0.3) is 0 Å². The number of nitrogens with zero attached hydrogens (tertiary/aromatic N) is 1. The normalized spacial score (nSPS) is 13.6. The molecular weight excluding hydrogens is 374 g/mol. The number of hydrogen-bond donors (Lipinski definition) is 1. The molecule has 1 N–H and O–H groups in total. The summed E-state index contributed by atoms with van der Waals surface area (Å²) < 4.78 is 0. The van der Waals surface area contributed by atoms with Gasteiger partial charge in [-0.25, -0.2) is 0 Å². The molecule has 0 aliphatic heterocycles. The van der Waals surface area contributed by atoms with Gasteiger partial charge in [-0.2, -0.15) is 11.8 Å². The van der Waals surface area contributed by atoms with Gasteiger partial charge in [-0.15, -0.1) is 12.4 Å². The number of thioether (sulfide) groups is 1. The second kappa shape index (κ2) is 22.8. The molecule has 0 aliphatic rings. The monoisotopic (exact) mass is 423 g/mol. The number of halogens is 1. The maximum Gasteiger partial charge on any atom is 0.0630 e. The zero-order valence-electron chi connectivity index (χ0n) is 18.9. The van der Waals surface area contributed by atoms with Crippen LogP contribution in [0.5, 0.6) is 0 Å². The molecule has 0 radical (unpaired) electrons. The highest BCUT2D eigenvalue weighted by atomic mass is 35.5. The quantitative estimate of drug-likeness (QED) is 0.207. The van der Waals surface area contributed by atoms with Gasteiger partial charge in [-0.05, 0) is 46.2 Å². The van der Waals surface area contributed by atoms with Gasteiger partial charge in [0.2, 0.25) is 0 Å². The van der Waals surface area contributed by atoms with Crippen molar-refractivity contribution in [1.29, 1.82) is 0 Å². The molecule has 0 spiro atoms. The van der Waals surface area contributed by atoms with Crippen LogP contribution < -0.4 is 0 Å². The van der Waals surface area contributed by atoms with Crippen molar-refractivity contribution in [3.63, 3.8) is 0 Å². The molecule has 2 unspecified atom stereocenters. The van der Waals surface area contributed by atoms with Crippen molar-refractivity contribution in [3.05, 3.63) is 0 Å². The summed E-state index contributed by atoms with van der Waals surface area (Å²) in [7, 11) is 4.26. The van der Waals surface area contributed by atoms with Crippen molar-refractivity contribution < 1.29 is 5.11 Å². The zero-order chi connectivity index (χ0) is 19.5. The van der Waals surface area contributed by atoms with Gasteiger partial charge in [-0.3, -0.25) is 0 Å². The van der Waals surface area contributed by atoms with E-state index in [0.29, 0.717) is 5.25 Å². The third-order valence-corrected chi connectivity index (χ3v) is 6.79. The fraction of sp³-hybridized carbons (Fsp3) is 1.00. The Bertz CT molecular complexity index is 277. The molecule has 0 rings (SSSR count). The zero-order valence-corrected chi connectivity index (χ0v) is 20.5. The summed E-state index contributed by atoms with van der Waals surface area (Å²) in [6, 6.07) is 0. The molecule has 0 saturated carbocycles. The molecule has 4 heteroatoms. The number of hydrogen-bond acceptors (Lipinski definition) is 3. The lowest BCUT2D eigenvalue weighted by atomic mass is 10.0. The Morgan fingerprint density at radius 1 is 0.741 bits per heavy atom. The van der Waals surface area contributed by atoms with Crippen LogP contribution in [0.2, 0.25) is 0 Å². The molecule has 0 amide bonds. The minimum absolute atomic E-state index is 0. The van der Waals surface area contributed by atoms with E-state index in [2.05, 4.69) is 25.9 Å². The van der Waals surface area contributed by atoms with Crippen LogP contribution in [0.3, 0.4) is 0 Å². The molecule has 0 aliphatic carbocycles. The van der Waals surface area contributed by atoms with E-state index in [4.69, 9.17) is 0 Å². The van der Waals surface area contributed by atoms with Crippen molar-refractivity contribution in [2.45, 2.75) is 122 Å². The average molecular weight is 424 g/mol. The van der Waals surface area contributed by atoms with Gasteiger partial charge in [0.25, 0.3) is 0 Å². The van der Waals surface area contributed by atoms with Crippen LogP contribution in [0.4, 0.5) is 0 Å². The predicted molar refractivity (Wildman–Crippen MR) is 129 cm³/mol. The number of rotatable bonds is 20. The molecular formula is C23H50ClNOS. The Morgan fingerprint density at radius 3 is 1.59 bits per heavy atom. The second-order valence-corrected chi connectivity index (χ2v) is 9.69. The third kappa shape index (κ3) is 22.7. The van der Waals surface area contributed by atoms with Crippen LogP contribution in [0, 0.1) is 0 Å². The topological polar surface area (TPSA) is 23.5 Å². The Labute approximate surface area is 182 Å². The summed E-state index contributed by atoms with van der Waals surface area (Å²) >= 11 is 1.98. The minimum atomic E-state index is -0.170. The van der Waals surface area contributed by atoms with E-state index in [0.717, 1.165) is 6.54 Å². The lowest BCUT2D eigenvalue weighted by molar-refractivity contribution is 0.186. The van der Waals surface area contributed by atoms with E-state index < -0.39 is 0 Å². The minimum Gasteiger partial charge on any atom is -0.392 e. The van der Waals surface area contributed by atoms with E-state index in [1.54, 1.807) is 0 Å². The lowest BCUT2D eigenvalue weighted by Gasteiger charge is -2.20. The highest BCUT2D eigenvalue weighted by molar-refractivity contribution is 7.99. The molecule has 2 nitrogen and oxygen atoms in total. The Morgan fingerprint density at radius 2 is 1.19 bits per heavy atom. The first-order chi connectivity index (χ1) is 12.6. The van der Waals surface area contributed by atoms with Gasteiger partial charge in [0, 0.05) is 5.25 Å². The standard InChI is InChI=1S/C23H49NOS.ClH/c1-5-6-7-8-9-10-11-12-13-14-15-16-17-19-23(22(2)25)26-21-18-20-24(3)4;/h22-23,25H,5-21H2,1-4H3;1H. The molecule has 166 valence electrons. The highest BCUT2D eigenvalue weighted by Crippen LogP contribution is 2.23. The van der Waals surface area contributed by atoms with Crippen molar-refractivity contribution >= 4 is 24.2 Å². The van der Waals surface area contributed by atoms with Crippen molar-refractivity contribution in [1.82, 2.24) is 4.90 Å². The SMILES string of the molecule is CCCCCCCCCCCCCCCC(SCCCN(C)C)C(C)O.Cl. The summed E-state index contributed by atoms with van der Waals surface area (Å²) in [6.07, 6.45) is 20.5. The highest BCUT2D eigenvalue weighted by Gasteiger charge is 2.14. The summed E-state index contributed by atoms with van der Waals surface area (Å²) in [5.41, 5.74) is 0. The first kappa shape index (κ1) is 29.8. The van der Waals surface area contributed by atoms with Gasteiger partial charge < -0.3 is 10.0 Å². The third-order valence-electron chi connectivity index (χ3n) is 5.21. The summed E-state index contributed by atoms with van der Waals surface area (Å²) in [4.78, 5) is 2.24. The van der Waals surface area contributed by atoms with Crippen LogP contribution in [-0.4, -0.2) is 47.8 Å².